The van der Waals surface area contributed by atoms with Crippen LogP contribution in [0.5, 0.6) is 0 Å². The van der Waals surface area contributed by atoms with Gasteiger partial charge in [-0.1, -0.05) is 145 Å². The minimum atomic E-state index is 1.00. The van der Waals surface area contributed by atoms with Gasteiger partial charge >= 0.3 is 0 Å². The molecule has 54 heavy (non-hydrogen) atoms. The lowest BCUT2D eigenvalue weighted by Crippen LogP contribution is -2.11. The highest BCUT2D eigenvalue weighted by Gasteiger charge is 2.19. The molecule has 2 heterocycles. The lowest BCUT2D eigenvalue weighted by molar-refractivity contribution is 1.18. The van der Waals surface area contributed by atoms with Crippen molar-refractivity contribution < 1.29 is 0 Å². The predicted octanol–water partition coefficient (Wildman–Crippen LogP) is 14.3. The number of hydrogen-bond donors (Lipinski definition) is 0. The van der Waals surface area contributed by atoms with Gasteiger partial charge in [-0.15, -0.1) is 0 Å². The van der Waals surface area contributed by atoms with E-state index in [9.17, 15) is 0 Å². The van der Waals surface area contributed by atoms with E-state index in [1.54, 1.807) is 0 Å². The first-order valence-electron chi connectivity index (χ1n) is 18.6. The minimum Gasteiger partial charge on any atom is -0.317 e. The number of rotatable bonds is 4. The zero-order chi connectivity index (χ0) is 36.3. The van der Waals surface area contributed by atoms with Gasteiger partial charge in [-0.3, -0.25) is 0 Å². The molecular weight excluding hydrogens is 653 g/mol. The van der Waals surface area contributed by atoms with E-state index in [2.05, 4.69) is 212 Å². The second-order valence-electron chi connectivity index (χ2n) is 14.4. The van der Waals surface area contributed by atoms with Crippen LogP contribution in [0.15, 0.2) is 189 Å². The van der Waals surface area contributed by atoms with E-state index in [1.165, 1.54) is 76.7 Å². The quantitative estimate of drug-likeness (QED) is 0.167. The fraction of sp³-hybridized carbons (Fsp3) is 0.0385. The summed E-state index contributed by atoms with van der Waals surface area (Å²) in [5.74, 6) is 0. The zero-order valence-corrected chi connectivity index (χ0v) is 30.4. The predicted molar refractivity (Wildman–Crippen MR) is 232 cm³/mol. The molecule has 0 spiro atoms. The van der Waals surface area contributed by atoms with Crippen molar-refractivity contribution in [2.45, 2.75) is 13.8 Å². The summed E-state index contributed by atoms with van der Waals surface area (Å²) in [5.41, 5.74) is 15.4. The van der Waals surface area contributed by atoms with Crippen molar-refractivity contribution in [3.8, 4) is 27.9 Å². The third kappa shape index (κ3) is 5.10. The van der Waals surface area contributed by atoms with Crippen molar-refractivity contribution in [1.29, 1.82) is 0 Å². The molecule has 0 unspecified atom stereocenters. The molecule has 0 saturated carbocycles. The van der Waals surface area contributed by atoms with Crippen molar-refractivity contribution in [3.05, 3.63) is 205 Å². The van der Waals surface area contributed by atoms with Crippen LogP contribution in [-0.2, 0) is 0 Å². The topological polar surface area (TPSA) is 8.17 Å². The summed E-state index contributed by atoms with van der Waals surface area (Å²) >= 11 is 0. The number of hydrogen-bond acceptors (Lipinski definition) is 1. The van der Waals surface area contributed by atoms with E-state index >= 15 is 0 Å². The van der Waals surface area contributed by atoms with E-state index < -0.39 is 0 Å². The Morgan fingerprint density at radius 1 is 0.444 bits per heavy atom. The molecule has 1 aliphatic heterocycles. The molecule has 10 rings (SSSR count). The Balaban J connectivity index is 1.14. The number of fused-ring (bicyclic) bond motifs is 6. The van der Waals surface area contributed by atoms with Gasteiger partial charge < -0.3 is 9.47 Å². The van der Waals surface area contributed by atoms with Crippen LogP contribution in [-0.4, -0.2) is 4.57 Å². The number of aromatic nitrogens is 1. The standard InChI is InChI=1S/C52H38N2/c1-34-20-30-45-46(32-34)51(37-21-25-39(26-22-37)53-31-11-10-12-36(3)41-13-4-7-16-48(41)53)44-29-19-35(2)33-47(44)52(45)38-23-27-40(28-24-38)54-49-17-8-5-14-42(49)43-15-6-9-18-50(43)54/h4-33H,3H2,1-2H3/b12-10-,31-11-. The average molecular weight is 691 g/mol. The van der Waals surface area contributed by atoms with Crippen molar-refractivity contribution in [3.63, 3.8) is 0 Å². The number of nitrogens with zero attached hydrogens (tertiary/aromatic N) is 2. The molecule has 0 fully saturated rings. The van der Waals surface area contributed by atoms with E-state index in [0.29, 0.717) is 0 Å². The molecular formula is C52H38N2. The molecule has 0 aliphatic carbocycles. The van der Waals surface area contributed by atoms with E-state index in [4.69, 9.17) is 0 Å². The molecule has 8 aromatic carbocycles. The lowest BCUT2D eigenvalue weighted by Gasteiger charge is -2.25. The molecule has 1 aliphatic rings. The second-order valence-corrected chi connectivity index (χ2v) is 14.4. The summed E-state index contributed by atoms with van der Waals surface area (Å²) in [6, 6.07) is 58.0. The first-order chi connectivity index (χ1) is 26.5. The summed E-state index contributed by atoms with van der Waals surface area (Å²) in [6.07, 6.45) is 8.34. The first-order valence-corrected chi connectivity index (χ1v) is 18.6. The van der Waals surface area contributed by atoms with Gasteiger partial charge in [0.05, 0.1) is 16.7 Å². The molecule has 0 atom stereocenters. The van der Waals surface area contributed by atoms with Gasteiger partial charge in [0.2, 0.25) is 0 Å². The Morgan fingerprint density at radius 2 is 0.963 bits per heavy atom. The highest BCUT2D eigenvalue weighted by molar-refractivity contribution is 6.21. The number of allylic oxidation sites excluding steroid dienone is 4. The van der Waals surface area contributed by atoms with Crippen LogP contribution < -0.4 is 4.90 Å². The van der Waals surface area contributed by atoms with Crippen molar-refractivity contribution in [2.24, 2.45) is 0 Å². The molecule has 2 nitrogen and oxygen atoms in total. The van der Waals surface area contributed by atoms with Gasteiger partial charge in [-0.25, -0.2) is 0 Å². The second kappa shape index (κ2) is 12.6. The summed E-state index contributed by atoms with van der Waals surface area (Å²) in [6.45, 7) is 8.72. The Hall–Kier alpha value is -6.90. The maximum absolute atomic E-state index is 4.33. The molecule has 256 valence electrons. The van der Waals surface area contributed by atoms with Crippen molar-refractivity contribution in [1.82, 2.24) is 4.57 Å². The van der Waals surface area contributed by atoms with Crippen molar-refractivity contribution >= 4 is 60.3 Å². The molecule has 0 bridgehead atoms. The summed E-state index contributed by atoms with van der Waals surface area (Å²) in [4.78, 5) is 2.25. The largest absolute Gasteiger partial charge is 0.317 e. The smallest absolute Gasteiger partial charge is 0.0541 e. The fourth-order valence-electron chi connectivity index (χ4n) is 8.50. The zero-order valence-electron chi connectivity index (χ0n) is 30.4. The third-order valence-electron chi connectivity index (χ3n) is 11.0. The molecule has 1 aromatic heterocycles. The van der Waals surface area contributed by atoms with Gasteiger partial charge in [-0.2, -0.15) is 0 Å². The van der Waals surface area contributed by atoms with Crippen molar-refractivity contribution in [2.75, 3.05) is 4.90 Å². The Morgan fingerprint density at radius 3 is 1.56 bits per heavy atom. The van der Waals surface area contributed by atoms with Gasteiger partial charge in [0.15, 0.2) is 0 Å². The van der Waals surface area contributed by atoms with E-state index in [1.807, 2.05) is 0 Å². The average Bonchev–Trinajstić information content (AvgIpc) is 3.54. The van der Waals surface area contributed by atoms with Crippen LogP contribution in [0.2, 0.25) is 0 Å². The number of anilines is 2. The number of aryl methyl sites for hydroxylation is 2. The lowest BCUT2D eigenvalue weighted by atomic mass is 9.85. The summed E-state index contributed by atoms with van der Waals surface area (Å²) in [5, 5.41) is 7.59. The van der Waals surface area contributed by atoms with Crippen LogP contribution >= 0.6 is 0 Å². The van der Waals surface area contributed by atoms with E-state index in [-0.39, 0.29) is 0 Å². The van der Waals surface area contributed by atoms with E-state index in [0.717, 1.165) is 28.2 Å². The third-order valence-corrected chi connectivity index (χ3v) is 11.0. The highest BCUT2D eigenvalue weighted by Crippen LogP contribution is 2.45. The van der Waals surface area contributed by atoms with Gasteiger partial charge in [0.1, 0.15) is 0 Å². The Labute approximate surface area is 315 Å². The fourth-order valence-corrected chi connectivity index (χ4v) is 8.50. The maximum atomic E-state index is 4.33. The van der Waals surface area contributed by atoms with Crippen LogP contribution in [0.4, 0.5) is 11.4 Å². The van der Waals surface area contributed by atoms with Gasteiger partial charge in [0.25, 0.3) is 0 Å². The summed E-state index contributed by atoms with van der Waals surface area (Å²) in [7, 11) is 0. The highest BCUT2D eigenvalue weighted by atomic mass is 15.1. The molecule has 0 saturated heterocycles. The first kappa shape index (κ1) is 31.8. The monoisotopic (exact) mass is 690 g/mol. The molecule has 0 amide bonds. The minimum absolute atomic E-state index is 1.00. The van der Waals surface area contributed by atoms with Crippen LogP contribution in [0.25, 0.3) is 76.9 Å². The van der Waals surface area contributed by atoms with Crippen LogP contribution in [0, 0.1) is 13.8 Å². The Kier molecular flexibility index (Phi) is 7.45. The summed E-state index contributed by atoms with van der Waals surface area (Å²) < 4.78 is 2.39. The molecule has 0 N–H and O–H groups in total. The molecule has 0 radical (unpaired) electrons. The van der Waals surface area contributed by atoms with Gasteiger partial charge in [-0.05, 0) is 112 Å². The van der Waals surface area contributed by atoms with Crippen LogP contribution in [0.1, 0.15) is 16.7 Å². The molecule has 2 heteroatoms. The normalized spacial score (nSPS) is 14.0. The maximum Gasteiger partial charge on any atom is 0.0541 e. The number of para-hydroxylation sites is 3. The van der Waals surface area contributed by atoms with Gasteiger partial charge in [0, 0.05) is 33.9 Å². The molecule has 9 aromatic rings. The van der Waals surface area contributed by atoms with Crippen LogP contribution in [0.3, 0.4) is 0 Å². The number of benzene rings is 8. The SMILES string of the molecule is C=C1/C=C\C=C/N(c2ccc(-c3c4ccc(C)cc4c(-c4ccc(-n5c6ccccc6c6ccccc65)cc4)c4ccc(C)cc34)cc2)c2ccccc21. The Bertz CT molecular complexity index is 2960.